The second-order valence-electron chi connectivity index (χ2n) is 12.4. The van der Waals surface area contributed by atoms with Crippen molar-refractivity contribution in [3.05, 3.63) is 164 Å². The van der Waals surface area contributed by atoms with Gasteiger partial charge in [0, 0.05) is 27.5 Å². The van der Waals surface area contributed by atoms with Gasteiger partial charge in [-0.25, -0.2) is 15.0 Å². The van der Waals surface area contributed by atoms with Crippen LogP contribution in [0.15, 0.2) is 168 Å². The van der Waals surface area contributed by atoms with Crippen LogP contribution in [0.25, 0.3) is 99.5 Å². The van der Waals surface area contributed by atoms with Crippen molar-refractivity contribution in [1.29, 1.82) is 0 Å². The first kappa shape index (κ1) is 27.5. The van der Waals surface area contributed by atoms with E-state index in [4.69, 9.17) is 19.4 Å². The van der Waals surface area contributed by atoms with Crippen LogP contribution >= 0.6 is 0 Å². The summed E-state index contributed by atoms with van der Waals surface area (Å²) < 4.78 is 6.44. The molecule has 0 atom stereocenters. The number of benzene rings is 8. The molecule has 0 radical (unpaired) electrons. The summed E-state index contributed by atoms with van der Waals surface area (Å²) >= 11 is 0. The van der Waals surface area contributed by atoms with E-state index in [0.717, 1.165) is 55.1 Å². The molecule has 0 fully saturated rings. The van der Waals surface area contributed by atoms with E-state index >= 15 is 0 Å². The Morgan fingerprint density at radius 1 is 0.327 bits per heavy atom. The lowest BCUT2D eigenvalue weighted by Gasteiger charge is -2.10. The van der Waals surface area contributed by atoms with Gasteiger partial charge in [0.1, 0.15) is 11.2 Å². The second-order valence-corrected chi connectivity index (χ2v) is 12.4. The fraction of sp³-hybridized carbons (Fsp3) is 0. The Kier molecular flexibility index (Phi) is 6.15. The molecule has 228 valence electrons. The van der Waals surface area contributed by atoms with Crippen LogP contribution in [0.5, 0.6) is 0 Å². The smallest absolute Gasteiger partial charge is 0.164 e. The summed E-state index contributed by atoms with van der Waals surface area (Å²) in [5, 5.41) is 9.29. The van der Waals surface area contributed by atoms with Crippen molar-refractivity contribution in [2.75, 3.05) is 0 Å². The van der Waals surface area contributed by atoms with E-state index in [-0.39, 0.29) is 0 Å². The predicted octanol–water partition coefficient (Wildman–Crippen LogP) is 11.9. The molecule has 0 N–H and O–H groups in total. The van der Waals surface area contributed by atoms with Crippen LogP contribution in [-0.4, -0.2) is 15.0 Å². The summed E-state index contributed by atoms with van der Waals surface area (Å²) in [5.74, 6) is 1.86. The maximum Gasteiger partial charge on any atom is 0.164 e. The molecule has 0 saturated heterocycles. The van der Waals surface area contributed by atoms with Crippen molar-refractivity contribution in [2.45, 2.75) is 0 Å². The van der Waals surface area contributed by atoms with Gasteiger partial charge in [-0.1, -0.05) is 133 Å². The Bertz CT molecular complexity index is 2890. The third-order valence-electron chi connectivity index (χ3n) is 9.49. The predicted molar refractivity (Wildman–Crippen MR) is 201 cm³/mol. The summed E-state index contributed by atoms with van der Waals surface area (Å²) in [5.41, 5.74) is 6.67. The van der Waals surface area contributed by atoms with Gasteiger partial charge in [-0.15, -0.1) is 0 Å². The first-order valence-corrected chi connectivity index (χ1v) is 16.4. The standard InChI is InChI=1S/C45H27N3O/c1-2-11-31(12-3-1)43-46-44(35-22-17-28-9-4-5-13-32(28)25-35)48-45(47-43)37-15-8-16-41-42(37)39-27-34(23-24-40(39)49-41)33-21-20-30-19-18-29-10-6-7-14-36(29)38(30)26-33/h1-27H. The van der Waals surface area contributed by atoms with Gasteiger partial charge in [-0.2, -0.15) is 0 Å². The third-order valence-corrected chi connectivity index (χ3v) is 9.49. The summed E-state index contributed by atoms with van der Waals surface area (Å²) in [6.45, 7) is 0. The maximum absolute atomic E-state index is 6.44. The lowest BCUT2D eigenvalue weighted by Crippen LogP contribution is -2.00. The Labute approximate surface area is 282 Å². The minimum atomic E-state index is 0.605. The molecule has 0 amide bonds. The van der Waals surface area contributed by atoms with Crippen molar-refractivity contribution in [3.8, 4) is 45.3 Å². The SMILES string of the molecule is c1ccc(-c2nc(-c3ccc4ccccc4c3)nc(-c3cccc4oc5ccc(-c6ccc7ccc8ccccc8c7c6)cc5c34)n2)cc1. The van der Waals surface area contributed by atoms with Crippen LogP contribution in [0.4, 0.5) is 0 Å². The van der Waals surface area contributed by atoms with Crippen LogP contribution in [0.3, 0.4) is 0 Å². The summed E-state index contributed by atoms with van der Waals surface area (Å²) in [7, 11) is 0. The van der Waals surface area contributed by atoms with Crippen LogP contribution in [0, 0.1) is 0 Å². The first-order valence-electron chi connectivity index (χ1n) is 16.4. The Hall–Kier alpha value is -6.65. The molecule has 4 nitrogen and oxygen atoms in total. The Morgan fingerprint density at radius 2 is 0.939 bits per heavy atom. The highest BCUT2D eigenvalue weighted by atomic mass is 16.3. The molecule has 0 saturated carbocycles. The van der Waals surface area contributed by atoms with Crippen LogP contribution in [0.2, 0.25) is 0 Å². The molecule has 10 aromatic rings. The van der Waals surface area contributed by atoms with Crippen LogP contribution < -0.4 is 0 Å². The highest BCUT2D eigenvalue weighted by molar-refractivity contribution is 6.13. The fourth-order valence-corrected chi connectivity index (χ4v) is 7.04. The normalized spacial score (nSPS) is 11.7. The Morgan fingerprint density at radius 3 is 1.80 bits per heavy atom. The topological polar surface area (TPSA) is 51.8 Å². The van der Waals surface area contributed by atoms with Crippen molar-refractivity contribution >= 4 is 54.3 Å². The van der Waals surface area contributed by atoms with Gasteiger partial charge in [0.05, 0.1) is 0 Å². The van der Waals surface area contributed by atoms with Gasteiger partial charge in [0.2, 0.25) is 0 Å². The average molecular weight is 626 g/mol. The second kappa shape index (κ2) is 11.0. The number of fused-ring (bicyclic) bond motifs is 7. The summed E-state index contributed by atoms with van der Waals surface area (Å²) in [4.78, 5) is 15.2. The quantitative estimate of drug-likeness (QED) is 0.183. The molecule has 10 rings (SSSR count). The lowest BCUT2D eigenvalue weighted by molar-refractivity contribution is 0.669. The zero-order valence-corrected chi connectivity index (χ0v) is 26.3. The van der Waals surface area contributed by atoms with E-state index < -0.39 is 0 Å². The largest absolute Gasteiger partial charge is 0.456 e. The maximum atomic E-state index is 6.44. The van der Waals surface area contributed by atoms with E-state index in [0.29, 0.717) is 17.5 Å². The number of hydrogen-bond donors (Lipinski definition) is 0. The van der Waals surface area contributed by atoms with E-state index in [1.807, 2.05) is 42.5 Å². The molecule has 0 aliphatic heterocycles. The fourth-order valence-electron chi connectivity index (χ4n) is 7.04. The molecule has 49 heavy (non-hydrogen) atoms. The van der Waals surface area contributed by atoms with Gasteiger partial charge in [-0.05, 0) is 73.8 Å². The minimum Gasteiger partial charge on any atom is -0.456 e. The van der Waals surface area contributed by atoms with E-state index in [1.54, 1.807) is 0 Å². The zero-order chi connectivity index (χ0) is 32.3. The number of furan rings is 1. The molecule has 0 unspecified atom stereocenters. The molecule has 4 heteroatoms. The highest BCUT2D eigenvalue weighted by Crippen LogP contribution is 2.39. The van der Waals surface area contributed by atoms with Gasteiger partial charge >= 0.3 is 0 Å². The number of nitrogens with zero attached hydrogens (tertiary/aromatic N) is 3. The van der Waals surface area contributed by atoms with Gasteiger partial charge < -0.3 is 4.42 Å². The highest BCUT2D eigenvalue weighted by Gasteiger charge is 2.18. The summed E-state index contributed by atoms with van der Waals surface area (Å²) in [6.07, 6.45) is 0. The Balaban J connectivity index is 1.18. The number of hydrogen-bond acceptors (Lipinski definition) is 4. The molecule has 0 spiro atoms. The monoisotopic (exact) mass is 625 g/mol. The molecule has 8 aromatic carbocycles. The van der Waals surface area contributed by atoms with Gasteiger partial charge in [0.25, 0.3) is 0 Å². The zero-order valence-electron chi connectivity index (χ0n) is 26.3. The molecule has 0 aliphatic rings. The van der Waals surface area contributed by atoms with Crippen molar-refractivity contribution in [2.24, 2.45) is 0 Å². The van der Waals surface area contributed by atoms with Crippen molar-refractivity contribution < 1.29 is 4.42 Å². The minimum absolute atomic E-state index is 0.605. The average Bonchev–Trinajstić information content (AvgIpc) is 3.56. The molecular weight excluding hydrogens is 599 g/mol. The number of rotatable bonds is 4. The molecular formula is C45H27N3O. The molecule has 2 heterocycles. The third kappa shape index (κ3) is 4.65. The van der Waals surface area contributed by atoms with Crippen LogP contribution in [-0.2, 0) is 0 Å². The summed E-state index contributed by atoms with van der Waals surface area (Å²) in [6, 6.07) is 57.0. The van der Waals surface area contributed by atoms with E-state index in [9.17, 15) is 0 Å². The molecule has 2 aromatic heterocycles. The molecule has 0 aliphatic carbocycles. The van der Waals surface area contributed by atoms with Crippen molar-refractivity contribution in [1.82, 2.24) is 15.0 Å². The van der Waals surface area contributed by atoms with Crippen LogP contribution in [0.1, 0.15) is 0 Å². The lowest BCUT2D eigenvalue weighted by atomic mass is 9.96. The van der Waals surface area contributed by atoms with E-state index in [1.165, 1.54) is 26.9 Å². The molecule has 0 bridgehead atoms. The van der Waals surface area contributed by atoms with Gasteiger partial charge in [0.15, 0.2) is 17.5 Å². The van der Waals surface area contributed by atoms with E-state index in [2.05, 4.69) is 121 Å². The number of aromatic nitrogens is 3. The van der Waals surface area contributed by atoms with Crippen molar-refractivity contribution in [3.63, 3.8) is 0 Å². The first-order chi connectivity index (χ1) is 24.2. The van der Waals surface area contributed by atoms with Gasteiger partial charge in [-0.3, -0.25) is 0 Å².